The van der Waals surface area contributed by atoms with E-state index >= 15 is 61.5 Å². The molecular weight excluding hydrogens is 1390 g/mol. The highest BCUT2D eigenvalue weighted by atomic mass is 19.5. The predicted octanol–water partition coefficient (Wildman–Crippen LogP) is 19.0. The Kier molecular flexibility index (Phi) is 20.6. The molecule has 0 radical (unpaired) electrons. The number of ether oxygens (including phenoxy) is 1. The summed E-state index contributed by atoms with van der Waals surface area (Å²) in [6, 6.07) is 0. The zero-order valence-corrected chi connectivity index (χ0v) is 37.5. The van der Waals surface area contributed by atoms with Crippen LogP contribution in [0.15, 0.2) is 0 Å². The summed E-state index contributed by atoms with van der Waals surface area (Å²) in [5.74, 6) is -168. The van der Waals surface area contributed by atoms with E-state index in [0.717, 1.165) is 0 Å². The van der Waals surface area contributed by atoms with Crippen molar-refractivity contribution >= 4 is 0 Å². The minimum Gasteiger partial charge on any atom is -0.249 e. The molecule has 0 heterocycles. The Hall–Kier alpha value is -3.68. The van der Waals surface area contributed by atoms with Gasteiger partial charge in [-0.2, -0.15) is 211 Å². The molecule has 53 heteroatoms. The van der Waals surface area contributed by atoms with Gasteiger partial charge < -0.3 is 0 Å². The fraction of sp³-hybridized carbons (Fsp3) is 1.00. The summed E-state index contributed by atoms with van der Waals surface area (Å²) in [6.07, 6.45) is -85.2. The smallest absolute Gasteiger partial charge is 0.249 e. The van der Waals surface area contributed by atoms with Crippen molar-refractivity contribution in [2.75, 3.05) is 0 Å². The van der Waals surface area contributed by atoms with Gasteiger partial charge in [0.15, 0.2) is 12.3 Å². The lowest BCUT2D eigenvalue weighted by Crippen LogP contribution is -2.85. The molecule has 1 nitrogen and oxygen atoms in total. The SMILES string of the molecule is FC(CCCC(F)(F)F)C(F)(F)C(F)(F)C(F)(F)C(F)(C(F)(F)OC(F)(F)C(F)(C(F)(F)C(F)(F)C(F)(F)C(F)CCCC(F)(F)F)C(F)(F)C(F)(F)C(F)(F)C(F)(F)C(F)(F)C(F)(F)F)C(F)(F)C(F)(F)C(F)(F)C(F)(F)C(F)(F)C(F)(F)F. The fourth-order valence-corrected chi connectivity index (χ4v) is 5.97. The van der Waals surface area contributed by atoms with Crippen molar-refractivity contribution < 1.29 is 233 Å². The summed E-state index contributed by atoms with van der Waals surface area (Å²) in [7, 11) is 0. The van der Waals surface area contributed by atoms with E-state index in [9.17, 15) is 167 Å². The highest BCUT2D eigenvalue weighted by Crippen LogP contribution is 2.73. The molecule has 512 valence electrons. The molecule has 0 fully saturated rings. The van der Waals surface area contributed by atoms with Gasteiger partial charge in [0.1, 0.15) is 0 Å². The number of halogens is 52. The van der Waals surface area contributed by atoms with Gasteiger partial charge in [0.05, 0.1) is 0 Å². The molecular formula is C32H14F52O. The van der Waals surface area contributed by atoms with Crippen LogP contribution in [0.3, 0.4) is 0 Å². The molecule has 0 saturated carbocycles. The van der Waals surface area contributed by atoms with Gasteiger partial charge in [-0.05, 0) is 25.7 Å². The van der Waals surface area contributed by atoms with Crippen LogP contribution in [0.2, 0.25) is 0 Å². The van der Waals surface area contributed by atoms with Crippen LogP contribution in [0.5, 0.6) is 0 Å². The van der Waals surface area contributed by atoms with Crippen LogP contribution in [0, 0.1) is 0 Å². The van der Waals surface area contributed by atoms with E-state index in [1.165, 1.54) is 0 Å². The first-order valence-corrected chi connectivity index (χ1v) is 19.4. The molecule has 0 aromatic heterocycles. The molecule has 4 unspecified atom stereocenters. The van der Waals surface area contributed by atoms with Gasteiger partial charge >= 0.3 is 143 Å². The first-order chi connectivity index (χ1) is 36.0. The maximum Gasteiger partial charge on any atom is 0.460 e. The van der Waals surface area contributed by atoms with E-state index in [4.69, 9.17) is 0 Å². The molecule has 0 N–H and O–H groups in total. The molecule has 0 aliphatic carbocycles. The number of hydrogen-bond donors (Lipinski definition) is 0. The molecule has 85 heavy (non-hydrogen) atoms. The Morgan fingerprint density at radius 2 is 0.376 bits per heavy atom. The molecule has 0 amide bonds. The van der Waals surface area contributed by atoms with Crippen molar-refractivity contribution in [2.45, 2.75) is 194 Å². The van der Waals surface area contributed by atoms with E-state index in [-0.39, 0.29) is 4.74 Å². The van der Waals surface area contributed by atoms with Crippen LogP contribution < -0.4 is 0 Å². The predicted molar refractivity (Wildman–Crippen MR) is 160 cm³/mol. The Morgan fingerprint density at radius 3 is 0.553 bits per heavy atom. The van der Waals surface area contributed by atoms with E-state index in [0.29, 0.717) is 0 Å². The minimum absolute atomic E-state index is 0.0461. The van der Waals surface area contributed by atoms with Gasteiger partial charge in [0.25, 0.3) is 0 Å². The van der Waals surface area contributed by atoms with Crippen molar-refractivity contribution in [1.29, 1.82) is 0 Å². The average Bonchev–Trinajstić information content (AvgIpc) is 3.24. The lowest BCUT2D eigenvalue weighted by molar-refractivity contribution is -0.545. The van der Waals surface area contributed by atoms with E-state index in [2.05, 4.69) is 0 Å². The quantitative estimate of drug-likeness (QED) is 0.0710. The maximum absolute atomic E-state index is 16.1. The highest BCUT2D eigenvalue weighted by molar-refractivity contribution is 5.27. The monoisotopic (exact) mass is 1400 g/mol. The van der Waals surface area contributed by atoms with Crippen LogP contribution in [0.1, 0.15) is 38.5 Å². The van der Waals surface area contributed by atoms with Crippen molar-refractivity contribution in [2.24, 2.45) is 0 Å². The zero-order valence-electron chi connectivity index (χ0n) is 37.5. The van der Waals surface area contributed by atoms with Crippen molar-refractivity contribution in [1.82, 2.24) is 0 Å². The Morgan fingerprint density at radius 1 is 0.212 bits per heavy atom. The summed E-state index contributed by atoms with van der Waals surface area (Å²) in [6.45, 7) is 0. The summed E-state index contributed by atoms with van der Waals surface area (Å²) >= 11 is 0. The molecule has 0 bridgehead atoms. The second-order valence-electron chi connectivity index (χ2n) is 16.7. The van der Waals surface area contributed by atoms with E-state index in [1.54, 1.807) is 0 Å². The number of hydrogen-bond acceptors (Lipinski definition) is 1. The number of alkyl halides is 52. The lowest BCUT2D eigenvalue weighted by Gasteiger charge is -2.52. The lowest BCUT2D eigenvalue weighted by atomic mass is 9.75. The van der Waals surface area contributed by atoms with Crippen LogP contribution >= 0.6 is 0 Å². The molecule has 0 aromatic carbocycles. The van der Waals surface area contributed by atoms with Gasteiger partial charge in [0.2, 0.25) is 0 Å². The third-order valence-electron chi connectivity index (χ3n) is 10.9. The summed E-state index contributed by atoms with van der Waals surface area (Å²) < 4.78 is 738. The second-order valence-corrected chi connectivity index (χ2v) is 16.7. The Labute approximate surface area is 428 Å². The maximum atomic E-state index is 16.1. The van der Waals surface area contributed by atoms with Crippen LogP contribution in [0.4, 0.5) is 228 Å². The van der Waals surface area contributed by atoms with Gasteiger partial charge in [-0.25, -0.2) is 22.3 Å². The summed E-state index contributed by atoms with van der Waals surface area (Å²) in [4.78, 5) is 0. The second kappa shape index (κ2) is 21.5. The summed E-state index contributed by atoms with van der Waals surface area (Å²) in [5.41, 5.74) is -23.9. The zero-order chi connectivity index (χ0) is 70.1. The van der Waals surface area contributed by atoms with E-state index < -0.39 is 194 Å². The van der Waals surface area contributed by atoms with Crippen molar-refractivity contribution in [3.63, 3.8) is 0 Å². The van der Waals surface area contributed by atoms with Gasteiger partial charge in [-0.3, -0.25) is 0 Å². The van der Waals surface area contributed by atoms with Crippen molar-refractivity contribution in [3.8, 4) is 0 Å². The topological polar surface area (TPSA) is 9.23 Å². The van der Waals surface area contributed by atoms with Gasteiger partial charge in [0, 0.05) is 12.8 Å². The third-order valence-corrected chi connectivity index (χ3v) is 10.9. The molecule has 0 saturated heterocycles. The average molecular weight is 1400 g/mol. The summed E-state index contributed by atoms with van der Waals surface area (Å²) in [5, 5.41) is 0. The normalized spacial score (nSPS) is 18.8. The first-order valence-electron chi connectivity index (χ1n) is 19.4. The molecule has 0 aliphatic rings. The first kappa shape index (κ1) is 81.3. The van der Waals surface area contributed by atoms with Crippen molar-refractivity contribution in [3.05, 3.63) is 0 Å². The van der Waals surface area contributed by atoms with Gasteiger partial charge in [-0.15, -0.1) is 0 Å². The van der Waals surface area contributed by atoms with Crippen LogP contribution in [-0.4, -0.2) is 155 Å². The highest BCUT2D eigenvalue weighted by Gasteiger charge is 3.05. The Bertz CT molecular complexity index is 2110. The molecule has 4 atom stereocenters. The van der Waals surface area contributed by atoms with Crippen LogP contribution in [-0.2, 0) is 4.74 Å². The largest absolute Gasteiger partial charge is 0.460 e. The molecule has 0 aromatic rings. The Balaban J connectivity index is 10.1. The molecule has 0 spiro atoms. The fourth-order valence-electron chi connectivity index (χ4n) is 5.97. The third kappa shape index (κ3) is 11.4. The number of rotatable bonds is 28. The minimum atomic E-state index is -11.9. The standard InChI is InChI=1S/C32H14F52O/c33-7(3-1-5-9(35,36)37)11(41,42)15(47,48)17(51,52)13(45,19(55,56)21(59,60)23(63,64)25(67,68)27(71,72)29(75,76)77)31(81,82)85-32(83,84)14(46,18(53,54)16(49,50)12(43,44)8(34)4-2-6-10(38,39)40)20(57,58)22(61,62)24(65,66)26(69,70)28(73,74)30(78,79)80/h7-8H,1-6H2. The van der Waals surface area contributed by atoms with Crippen LogP contribution in [0.25, 0.3) is 0 Å². The van der Waals surface area contributed by atoms with Gasteiger partial charge in [-0.1, -0.05) is 0 Å². The molecule has 0 aliphatic heterocycles. The molecule has 0 rings (SSSR count). The van der Waals surface area contributed by atoms with E-state index in [1.807, 2.05) is 0 Å².